The molecule has 0 saturated heterocycles. The first-order valence-corrected chi connectivity index (χ1v) is 7.15. The minimum absolute atomic E-state index is 0.382. The lowest BCUT2D eigenvalue weighted by Crippen LogP contribution is -1.98. The fraction of sp³-hybridized carbons (Fsp3) is 0.364. The third kappa shape index (κ3) is 2.20. The van der Waals surface area contributed by atoms with E-state index < -0.39 is 0 Å². The van der Waals surface area contributed by atoms with Gasteiger partial charge in [0, 0.05) is 0 Å². The van der Waals surface area contributed by atoms with Gasteiger partial charge < -0.3 is 8.83 Å². The maximum atomic E-state index is 5.53. The van der Waals surface area contributed by atoms with E-state index in [0.717, 1.165) is 18.0 Å². The average molecular weight is 290 g/mol. The number of hydrogen-bond donors (Lipinski definition) is 0. The van der Waals surface area contributed by atoms with Crippen molar-refractivity contribution in [3.8, 4) is 11.7 Å². The summed E-state index contributed by atoms with van der Waals surface area (Å²) in [6.07, 6.45) is 3.85. The van der Waals surface area contributed by atoms with Crippen molar-refractivity contribution in [2.75, 3.05) is 0 Å². The van der Waals surface area contributed by atoms with Gasteiger partial charge in [0.15, 0.2) is 5.76 Å². The first-order chi connectivity index (χ1) is 9.90. The lowest BCUT2D eigenvalue weighted by molar-refractivity contribution is 0.494. The molecule has 1 saturated carbocycles. The molecule has 0 radical (unpaired) electrons. The summed E-state index contributed by atoms with van der Waals surface area (Å²) in [6, 6.07) is 4.00. The number of furan rings is 1. The van der Waals surface area contributed by atoms with Crippen molar-refractivity contribution < 1.29 is 8.83 Å². The van der Waals surface area contributed by atoms with Crippen LogP contribution in [0.15, 0.2) is 32.4 Å². The Morgan fingerprint density at radius 3 is 3.05 bits per heavy atom. The second-order valence-corrected chi connectivity index (χ2v) is 5.35. The van der Waals surface area contributed by atoms with Crippen LogP contribution in [0.25, 0.3) is 11.7 Å². The predicted molar refractivity (Wildman–Crippen MR) is 67.6 cm³/mol. The van der Waals surface area contributed by atoms with Gasteiger partial charge in [-0.2, -0.15) is 0 Å². The summed E-state index contributed by atoms with van der Waals surface area (Å²) in [5.74, 6) is 2.00. The fourth-order valence-electron chi connectivity index (χ4n) is 1.77. The van der Waals surface area contributed by atoms with E-state index in [-0.39, 0.29) is 0 Å². The molecular weight excluding hydrogens is 280 g/mol. The quantitative estimate of drug-likeness (QED) is 0.658. The zero-order valence-corrected chi connectivity index (χ0v) is 11.2. The summed E-state index contributed by atoms with van der Waals surface area (Å²) >= 11 is 1.49. The molecule has 0 amide bonds. The highest BCUT2D eigenvalue weighted by atomic mass is 32.2. The molecule has 1 aliphatic carbocycles. The average Bonchev–Trinajstić information content (AvgIpc) is 2.93. The lowest BCUT2D eigenvalue weighted by Gasteiger charge is -1.99. The van der Waals surface area contributed by atoms with E-state index in [1.807, 2.05) is 4.68 Å². The molecule has 1 aliphatic rings. The molecule has 8 nitrogen and oxygen atoms in total. The van der Waals surface area contributed by atoms with E-state index in [0.29, 0.717) is 29.3 Å². The molecule has 0 N–H and O–H groups in total. The molecular formula is C11H10N6O2S. The Morgan fingerprint density at radius 1 is 1.30 bits per heavy atom. The largest absolute Gasteiger partial charge is 0.459 e. The van der Waals surface area contributed by atoms with E-state index in [1.165, 1.54) is 11.8 Å². The third-order valence-electron chi connectivity index (χ3n) is 2.88. The molecule has 0 bridgehead atoms. The first-order valence-electron chi connectivity index (χ1n) is 6.17. The van der Waals surface area contributed by atoms with Crippen LogP contribution >= 0.6 is 11.8 Å². The van der Waals surface area contributed by atoms with Crippen molar-refractivity contribution in [3.05, 3.63) is 24.3 Å². The number of thioether (sulfide) groups is 1. The maximum Gasteiger partial charge on any atom is 0.283 e. The van der Waals surface area contributed by atoms with Crippen molar-refractivity contribution in [1.82, 2.24) is 30.4 Å². The zero-order valence-electron chi connectivity index (χ0n) is 10.3. The first kappa shape index (κ1) is 11.6. The molecule has 4 rings (SSSR count). The molecule has 9 heteroatoms. The van der Waals surface area contributed by atoms with Crippen LogP contribution in [0.3, 0.4) is 0 Å². The van der Waals surface area contributed by atoms with E-state index in [9.17, 15) is 0 Å². The summed E-state index contributed by atoms with van der Waals surface area (Å²) in [5, 5.41) is 20.4. The van der Waals surface area contributed by atoms with Crippen molar-refractivity contribution in [2.45, 2.75) is 29.8 Å². The highest BCUT2D eigenvalue weighted by Crippen LogP contribution is 2.36. The molecule has 3 heterocycles. The SMILES string of the molecule is c1coc(-c2nnc(CSc3nnnn3C3CC3)o2)c1. The Hall–Kier alpha value is -2.16. The molecule has 3 aromatic heterocycles. The van der Waals surface area contributed by atoms with Crippen molar-refractivity contribution in [1.29, 1.82) is 0 Å². The van der Waals surface area contributed by atoms with Crippen molar-refractivity contribution >= 4 is 11.8 Å². The molecule has 0 aromatic carbocycles. The second kappa shape index (κ2) is 4.75. The van der Waals surface area contributed by atoms with Gasteiger partial charge in [-0.3, -0.25) is 0 Å². The number of rotatable bonds is 5. The molecule has 0 spiro atoms. The smallest absolute Gasteiger partial charge is 0.283 e. The predicted octanol–water partition coefficient (Wildman–Crippen LogP) is 1.94. The number of nitrogens with zero attached hydrogens (tertiary/aromatic N) is 6. The molecule has 0 unspecified atom stereocenters. The zero-order chi connectivity index (χ0) is 13.4. The molecule has 0 atom stereocenters. The van der Waals surface area contributed by atoms with E-state index in [4.69, 9.17) is 8.83 Å². The number of tetrazole rings is 1. The Morgan fingerprint density at radius 2 is 2.25 bits per heavy atom. The van der Waals surface area contributed by atoms with Gasteiger partial charge in [0.1, 0.15) is 0 Å². The van der Waals surface area contributed by atoms with Gasteiger partial charge in [-0.1, -0.05) is 11.8 Å². The summed E-state index contributed by atoms with van der Waals surface area (Å²) in [7, 11) is 0. The Bertz CT molecular complexity index is 702. The van der Waals surface area contributed by atoms with Crippen LogP contribution in [0.1, 0.15) is 24.8 Å². The van der Waals surface area contributed by atoms with Crippen LogP contribution in [0.4, 0.5) is 0 Å². The van der Waals surface area contributed by atoms with Crippen LogP contribution in [0.5, 0.6) is 0 Å². The summed E-state index contributed by atoms with van der Waals surface area (Å²) < 4.78 is 12.6. The van der Waals surface area contributed by atoms with Gasteiger partial charge in [0.25, 0.3) is 5.89 Å². The lowest BCUT2D eigenvalue weighted by atomic mass is 10.5. The van der Waals surface area contributed by atoms with Gasteiger partial charge in [-0.25, -0.2) is 4.68 Å². The molecule has 20 heavy (non-hydrogen) atoms. The molecule has 1 fully saturated rings. The Kier molecular flexibility index (Phi) is 2.76. The Balaban J connectivity index is 1.45. The van der Waals surface area contributed by atoms with E-state index in [2.05, 4.69) is 25.7 Å². The van der Waals surface area contributed by atoms with Gasteiger partial charge in [-0.15, -0.1) is 15.3 Å². The van der Waals surface area contributed by atoms with E-state index >= 15 is 0 Å². The molecule has 102 valence electrons. The van der Waals surface area contributed by atoms with Crippen LogP contribution < -0.4 is 0 Å². The summed E-state index contributed by atoms with van der Waals surface area (Å²) in [5.41, 5.74) is 0. The number of aromatic nitrogens is 6. The van der Waals surface area contributed by atoms with Crippen LogP contribution in [0.2, 0.25) is 0 Å². The van der Waals surface area contributed by atoms with Crippen molar-refractivity contribution in [2.24, 2.45) is 0 Å². The maximum absolute atomic E-state index is 5.53. The van der Waals surface area contributed by atoms with Gasteiger partial charge in [0.2, 0.25) is 11.0 Å². The normalized spacial score (nSPS) is 14.8. The monoisotopic (exact) mass is 290 g/mol. The molecule has 0 aliphatic heterocycles. The highest BCUT2D eigenvalue weighted by molar-refractivity contribution is 7.98. The summed E-state index contributed by atoms with van der Waals surface area (Å²) in [4.78, 5) is 0. The summed E-state index contributed by atoms with van der Waals surface area (Å²) in [6.45, 7) is 0. The molecule has 3 aromatic rings. The van der Waals surface area contributed by atoms with Crippen molar-refractivity contribution in [3.63, 3.8) is 0 Å². The minimum Gasteiger partial charge on any atom is -0.459 e. The Labute approximate surface area is 117 Å². The fourth-order valence-corrected chi connectivity index (χ4v) is 2.55. The number of hydrogen-bond acceptors (Lipinski definition) is 8. The van der Waals surface area contributed by atoms with Crippen LogP contribution in [-0.4, -0.2) is 30.4 Å². The minimum atomic E-state index is 0.382. The second-order valence-electron chi connectivity index (χ2n) is 4.40. The standard InChI is InChI=1S/C11H10N6O2S/c1-2-8(18-5-1)10-13-12-9(19-10)6-20-11-14-15-16-17(11)7-3-4-7/h1-2,5,7H,3-4,6H2. The van der Waals surface area contributed by atoms with Gasteiger partial charge in [-0.05, 0) is 35.4 Å². The topological polar surface area (TPSA) is 95.7 Å². The van der Waals surface area contributed by atoms with Crippen LogP contribution in [0, 0.1) is 0 Å². The van der Waals surface area contributed by atoms with Gasteiger partial charge in [0.05, 0.1) is 18.1 Å². The van der Waals surface area contributed by atoms with Gasteiger partial charge >= 0.3 is 0 Å². The third-order valence-corrected chi connectivity index (χ3v) is 3.80. The van der Waals surface area contributed by atoms with Crippen LogP contribution in [-0.2, 0) is 5.75 Å². The van der Waals surface area contributed by atoms with E-state index in [1.54, 1.807) is 18.4 Å². The highest BCUT2D eigenvalue weighted by Gasteiger charge is 2.28.